The predicted molar refractivity (Wildman–Crippen MR) is 124 cm³/mol. The van der Waals surface area contributed by atoms with Gasteiger partial charge in [0.1, 0.15) is 0 Å². The number of imidazole rings is 1. The number of ether oxygens (including phenoxy) is 1. The van der Waals surface area contributed by atoms with Crippen molar-refractivity contribution in [1.82, 2.24) is 20.8 Å². The summed E-state index contributed by atoms with van der Waals surface area (Å²) in [5.74, 6) is -0.0515. The maximum absolute atomic E-state index is 12.3. The molecule has 7 nitrogen and oxygen atoms in total. The van der Waals surface area contributed by atoms with Gasteiger partial charge in [-0.05, 0) is 47.5 Å². The third-order valence-corrected chi connectivity index (χ3v) is 5.72. The first-order chi connectivity index (χ1) is 15.6. The van der Waals surface area contributed by atoms with Crippen LogP contribution in [0.1, 0.15) is 31.8 Å². The number of benzene rings is 3. The zero-order valence-electron chi connectivity index (χ0n) is 17.4. The van der Waals surface area contributed by atoms with E-state index in [-0.39, 0.29) is 11.8 Å². The lowest BCUT2D eigenvalue weighted by molar-refractivity contribution is 0.0846. The van der Waals surface area contributed by atoms with Gasteiger partial charge in [-0.1, -0.05) is 48.2 Å². The average Bonchev–Trinajstić information content (AvgIpc) is 3.25. The Labute approximate surface area is 189 Å². The summed E-state index contributed by atoms with van der Waals surface area (Å²) in [6.45, 7) is 0.478. The fourth-order valence-electron chi connectivity index (χ4n) is 3.08. The Morgan fingerprint density at radius 1 is 0.875 bits per heavy atom. The summed E-state index contributed by atoms with van der Waals surface area (Å²) in [4.78, 5) is 32.4. The predicted octanol–water partition coefficient (Wildman–Crippen LogP) is 4.08. The average molecular weight is 447 g/mol. The van der Waals surface area contributed by atoms with Crippen LogP contribution in [0.15, 0.2) is 78.0 Å². The van der Waals surface area contributed by atoms with Crippen LogP contribution in [0.5, 0.6) is 0 Å². The molecule has 0 saturated carbocycles. The highest BCUT2D eigenvalue weighted by Gasteiger charge is 2.10. The van der Waals surface area contributed by atoms with Gasteiger partial charge in [-0.3, -0.25) is 20.4 Å². The van der Waals surface area contributed by atoms with Crippen LogP contribution in [0, 0.1) is 0 Å². The smallest absolute Gasteiger partial charge is 0.269 e. The van der Waals surface area contributed by atoms with E-state index in [9.17, 15) is 9.59 Å². The van der Waals surface area contributed by atoms with E-state index in [4.69, 9.17) is 4.74 Å². The van der Waals surface area contributed by atoms with E-state index in [2.05, 4.69) is 20.8 Å². The van der Waals surface area contributed by atoms with Crippen molar-refractivity contribution in [1.29, 1.82) is 0 Å². The number of hydrogen-bond acceptors (Lipinski definition) is 5. The molecule has 1 heterocycles. The van der Waals surface area contributed by atoms with Gasteiger partial charge in [-0.15, -0.1) is 0 Å². The number of para-hydroxylation sites is 2. The fraction of sp³-hybridized carbons (Fsp3) is 0.125. The van der Waals surface area contributed by atoms with Gasteiger partial charge < -0.3 is 9.72 Å². The number of aromatic amines is 1. The third-order valence-electron chi connectivity index (χ3n) is 4.78. The highest BCUT2D eigenvalue weighted by Crippen LogP contribution is 2.23. The van der Waals surface area contributed by atoms with E-state index < -0.39 is 0 Å². The number of carbonyl (C=O) groups excluding carboxylic acids is 2. The maximum Gasteiger partial charge on any atom is 0.269 e. The van der Waals surface area contributed by atoms with Gasteiger partial charge in [0.15, 0.2) is 5.16 Å². The number of fused-ring (bicyclic) bond motifs is 1. The molecule has 0 unspecified atom stereocenters. The second kappa shape index (κ2) is 10.1. The molecule has 8 heteroatoms. The van der Waals surface area contributed by atoms with Crippen molar-refractivity contribution in [2.75, 3.05) is 7.11 Å². The lowest BCUT2D eigenvalue weighted by atomic mass is 10.1. The Hall–Kier alpha value is -3.62. The number of amides is 2. The number of hydrazine groups is 1. The Kier molecular flexibility index (Phi) is 6.84. The zero-order chi connectivity index (χ0) is 22.3. The van der Waals surface area contributed by atoms with Crippen molar-refractivity contribution in [2.45, 2.75) is 17.5 Å². The van der Waals surface area contributed by atoms with Gasteiger partial charge in [0.25, 0.3) is 11.8 Å². The standard InChI is InChI=1S/C24H22N4O3S/c1-31-14-16-6-10-18(11-7-16)22(29)27-28-23(30)19-12-8-17(9-13-19)15-32-24-25-20-4-2-3-5-21(20)26-24/h2-13H,14-15H2,1H3,(H,25,26)(H,27,29)(H,28,30). The number of rotatable bonds is 7. The minimum atomic E-state index is -0.388. The molecule has 0 fully saturated rings. The largest absolute Gasteiger partial charge is 0.380 e. The fourth-order valence-corrected chi connectivity index (χ4v) is 3.92. The quantitative estimate of drug-likeness (QED) is 0.294. The molecule has 0 radical (unpaired) electrons. The first-order valence-electron chi connectivity index (χ1n) is 9.97. The lowest BCUT2D eigenvalue weighted by Crippen LogP contribution is -2.41. The van der Waals surface area contributed by atoms with Crippen LogP contribution in [0.25, 0.3) is 11.0 Å². The van der Waals surface area contributed by atoms with Crippen molar-refractivity contribution in [3.05, 3.63) is 95.1 Å². The topological polar surface area (TPSA) is 96.1 Å². The molecule has 0 aliphatic rings. The Morgan fingerprint density at radius 2 is 1.47 bits per heavy atom. The molecule has 0 saturated heterocycles. The van der Waals surface area contributed by atoms with E-state index in [0.29, 0.717) is 17.7 Å². The minimum absolute atomic E-state index is 0.383. The summed E-state index contributed by atoms with van der Waals surface area (Å²) in [5.41, 5.74) is 9.76. The molecule has 0 atom stereocenters. The number of hydrogen-bond donors (Lipinski definition) is 3. The Balaban J connectivity index is 1.28. The summed E-state index contributed by atoms with van der Waals surface area (Å²) in [5, 5.41) is 0.853. The number of H-pyrrole nitrogens is 1. The van der Waals surface area contributed by atoms with Crippen LogP contribution in [-0.2, 0) is 17.1 Å². The summed E-state index contributed by atoms with van der Waals surface area (Å²) in [7, 11) is 1.61. The minimum Gasteiger partial charge on any atom is -0.380 e. The summed E-state index contributed by atoms with van der Waals surface area (Å²) < 4.78 is 5.05. The van der Waals surface area contributed by atoms with E-state index >= 15 is 0 Å². The maximum atomic E-state index is 12.3. The van der Waals surface area contributed by atoms with E-state index in [1.807, 2.05) is 48.5 Å². The molecule has 2 amide bonds. The van der Waals surface area contributed by atoms with Crippen molar-refractivity contribution < 1.29 is 14.3 Å². The van der Waals surface area contributed by atoms with Crippen LogP contribution in [0.4, 0.5) is 0 Å². The molecule has 1 aromatic heterocycles. The summed E-state index contributed by atoms with van der Waals surface area (Å²) in [6.07, 6.45) is 0. The van der Waals surface area contributed by atoms with Crippen LogP contribution < -0.4 is 10.9 Å². The number of methoxy groups -OCH3 is 1. The third kappa shape index (κ3) is 5.35. The second-order valence-electron chi connectivity index (χ2n) is 7.08. The van der Waals surface area contributed by atoms with Crippen LogP contribution in [-0.4, -0.2) is 28.9 Å². The van der Waals surface area contributed by atoms with E-state index in [0.717, 1.165) is 33.1 Å². The number of aromatic nitrogens is 2. The van der Waals surface area contributed by atoms with Gasteiger partial charge in [-0.25, -0.2) is 4.98 Å². The van der Waals surface area contributed by atoms with E-state index in [1.165, 1.54) is 0 Å². The molecule has 3 aromatic carbocycles. The Bertz CT molecular complexity index is 1190. The summed E-state index contributed by atoms with van der Waals surface area (Å²) in [6, 6.07) is 22.1. The van der Waals surface area contributed by atoms with Crippen molar-refractivity contribution in [3.8, 4) is 0 Å². The normalized spacial score (nSPS) is 10.8. The number of nitrogens with one attached hydrogen (secondary N) is 3. The molecule has 4 aromatic rings. The molecule has 4 rings (SSSR count). The van der Waals surface area contributed by atoms with Crippen molar-refractivity contribution in [3.63, 3.8) is 0 Å². The van der Waals surface area contributed by atoms with Crippen molar-refractivity contribution >= 4 is 34.6 Å². The van der Waals surface area contributed by atoms with Gasteiger partial charge in [-0.2, -0.15) is 0 Å². The highest BCUT2D eigenvalue weighted by atomic mass is 32.2. The van der Waals surface area contributed by atoms with Gasteiger partial charge in [0.2, 0.25) is 0 Å². The molecule has 0 spiro atoms. The molecule has 0 bridgehead atoms. The number of carbonyl (C=O) groups is 2. The zero-order valence-corrected chi connectivity index (χ0v) is 18.2. The van der Waals surface area contributed by atoms with Crippen LogP contribution >= 0.6 is 11.8 Å². The van der Waals surface area contributed by atoms with Gasteiger partial charge in [0, 0.05) is 24.0 Å². The molecule has 0 aliphatic heterocycles. The monoisotopic (exact) mass is 446 g/mol. The SMILES string of the molecule is COCc1ccc(C(=O)NNC(=O)c2ccc(CSc3nc4ccccc4[nH]3)cc2)cc1. The second-order valence-corrected chi connectivity index (χ2v) is 8.05. The van der Waals surface area contributed by atoms with E-state index in [1.54, 1.807) is 43.1 Å². The number of nitrogens with zero attached hydrogens (tertiary/aromatic N) is 1. The molecule has 32 heavy (non-hydrogen) atoms. The van der Waals surface area contributed by atoms with Gasteiger partial charge in [0.05, 0.1) is 17.6 Å². The van der Waals surface area contributed by atoms with Crippen molar-refractivity contribution in [2.24, 2.45) is 0 Å². The van der Waals surface area contributed by atoms with Crippen LogP contribution in [0.3, 0.4) is 0 Å². The molecule has 0 aliphatic carbocycles. The Morgan fingerprint density at radius 3 is 2.06 bits per heavy atom. The first-order valence-corrected chi connectivity index (χ1v) is 11.0. The number of thioether (sulfide) groups is 1. The lowest BCUT2D eigenvalue weighted by Gasteiger charge is -2.08. The first kappa shape index (κ1) is 21.6. The summed E-state index contributed by atoms with van der Waals surface area (Å²) >= 11 is 1.60. The highest BCUT2D eigenvalue weighted by molar-refractivity contribution is 7.98. The van der Waals surface area contributed by atoms with Gasteiger partial charge >= 0.3 is 0 Å². The molecular formula is C24H22N4O3S. The molecule has 3 N–H and O–H groups in total. The van der Waals surface area contributed by atoms with Crippen LogP contribution in [0.2, 0.25) is 0 Å². The molecular weight excluding hydrogens is 424 g/mol. The molecule has 162 valence electrons.